The highest BCUT2D eigenvalue weighted by Crippen LogP contribution is 2.60. The Bertz CT molecular complexity index is 929. The maximum Gasteiger partial charge on any atom is 0.336 e. The van der Waals surface area contributed by atoms with Gasteiger partial charge < -0.3 is 14.8 Å². The van der Waals surface area contributed by atoms with Crippen molar-refractivity contribution in [3.05, 3.63) is 69.0 Å². The molecule has 2 aliphatic heterocycles. The Hall–Kier alpha value is -2.63. The van der Waals surface area contributed by atoms with Crippen LogP contribution in [0.1, 0.15) is 29.4 Å². The highest BCUT2D eigenvalue weighted by atomic mass is 19.1. The van der Waals surface area contributed by atoms with E-state index in [4.69, 9.17) is 9.47 Å². The number of rotatable bonds is 2. The molecule has 0 amide bonds. The van der Waals surface area contributed by atoms with Crippen molar-refractivity contribution in [2.24, 2.45) is 0 Å². The van der Waals surface area contributed by atoms with E-state index in [-0.39, 0.29) is 23.0 Å². The highest BCUT2D eigenvalue weighted by molar-refractivity contribution is 5.93. The van der Waals surface area contributed by atoms with Crippen molar-refractivity contribution in [1.29, 1.82) is 0 Å². The van der Waals surface area contributed by atoms with Crippen molar-refractivity contribution in [3.63, 3.8) is 0 Å². The summed E-state index contributed by atoms with van der Waals surface area (Å²) in [4.78, 5) is 12.5. The maximum absolute atomic E-state index is 14.6. The van der Waals surface area contributed by atoms with Gasteiger partial charge in [-0.25, -0.2) is 13.6 Å². The second kappa shape index (κ2) is 4.94. The van der Waals surface area contributed by atoms with E-state index in [1.54, 1.807) is 6.07 Å². The van der Waals surface area contributed by atoms with Crippen LogP contribution >= 0.6 is 0 Å². The predicted octanol–water partition coefficient (Wildman–Crippen LogP) is 2.95. The fourth-order valence-corrected chi connectivity index (χ4v) is 4.31. The van der Waals surface area contributed by atoms with E-state index in [2.05, 4.69) is 5.32 Å². The van der Waals surface area contributed by atoms with Crippen LogP contribution in [-0.4, -0.2) is 26.4 Å². The van der Waals surface area contributed by atoms with Gasteiger partial charge in [-0.15, -0.1) is 0 Å². The van der Waals surface area contributed by atoms with Gasteiger partial charge in [0, 0.05) is 17.4 Å². The molecule has 25 heavy (non-hydrogen) atoms. The summed E-state index contributed by atoms with van der Waals surface area (Å²) in [5, 5.41) is 3.00. The van der Waals surface area contributed by atoms with Crippen LogP contribution < -0.4 is 5.32 Å². The number of allylic oxidation sites excluding steroid dienone is 3. The van der Waals surface area contributed by atoms with Gasteiger partial charge >= 0.3 is 5.97 Å². The number of fused-ring (bicyclic) bond motifs is 4. The van der Waals surface area contributed by atoms with Crippen molar-refractivity contribution in [2.45, 2.75) is 18.3 Å². The minimum absolute atomic E-state index is 0.0311. The van der Waals surface area contributed by atoms with Crippen LogP contribution in [0.4, 0.5) is 8.78 Å². The summed E-state index contributed by atoms with van der Waals surface area (Å²) in [6.45, 7) is -0.530. The van der Waals surface area contributed by atoms with E-state index >= 15 is 0 Å². The third-order valence-corrected chi connectivity index (χ3v) is 5.40. The Morgan fingerprint density at radius 1 is 1.44 bits per heavy atom. The summed E-state index contributed by atoms with van der Waals surface area (Å²) in [5.74, 6) is -0.787. The quantitative estimate of drug-likeness (QED) is 0.839. The molecule has 0 aromatic heterocycles. The van der Waals surface area contributed by atoms with Crippen LogP contribution in [0.15, 0.2) is 52.1 Å². The average molecular weight is 343 g/mol. The molecule has 2 atom stereocenters. The van der Waals surface area contributed by atoms with Crippen molar-refractivity contribution in [3.8, 4) is 0 Å². The zero-order valence-electron chi connectivity index (χ0n) is 13.5. The Morgan fingerprint density at radius 2 is 2.28 bits per heavy atom. The van der Waals surface area contributed by atoms with Gasteiger partial charge in [0.2, 0.25) is 0 Å². The zero-order chi connectivity index (χ0) is 17.3. The summed E-state index contributed by atoms with van der Waals surface area (Å²) in [6.07, 6.45) is 0.750. The number of hydrogen-bond acceptors (Lipinski definition) is 4. The second-order valence-electron chi connectivity index (χ2n) is 6.61. The topological polar surface area (TPSA) is 47.6 Å². The molecule has 2 heterocycles. The van der Waals surface area contributed by atoms with E-state index in [1.807, 2.05) is 6.07 Å². The van der Waals surface area contributed by atoms with Gasteiger partial charge in [0.1, 0.15) is 24.9 Å². The number of carbonyl (C=O) groups excluding carboxylic acids is 1. The van der Waals surface area contributed by atoms with Gasteiger partial charge in [-0.05, 0) is 29.2 Å². The van der Waals surface area contributed by atoms with Gasteiger partial charge in [0.25, 0.3) is 0 Å². The number of dihydropyridines is 1. The Balaban J connectivity index is 1.83. The van der Waals surface area contributed by atoms with Crippen LogP contribution in [0.25, 0.3) is 0 Å². The number of carbonyl (C=O) groups is 1. The van der Waals surface area contributed by atoms with Crippen molar-refractivity contribution in [2.75, 3.05) is 20.4 Å². The molecule has 6 heteroatoms. The van der Waals surface area contributed by atoms with Gasteiger partial charge in [-0.1, -0.05) is 12.1 Å². The molecule has 5 rings (SSSR count). The zero-order valence-corrected chi connectivity index (χ0v) is 13.5. The molecule has 1 saturated carbocycles. The summed E-state index contributed by atoms with van der Waals surface area (Å²) in [6, 6.07) is 4.87. The van der Waals surface area contributed by atoms with E-state index in [0.29, 0.717) is 17.7 Å². The number of halogens is 2. The van der Waals surface area contributed by atoms with E-state index in [9.17, 15) is 13.6 Å². The summed E-state index contributed by atoms with van der Waals surface area (Å²) in [7, 11) is 1.26. The van der Waals surface area contributed by atoms with Crippen LogP contribution in [0, 0.1) is 5.82 Å². The van der Waals surface area contributed by atoms with Gasteiger partial charge in [-0.2, -0.15) is 0 Å². The summed E-state index contributed by atoms with van der Waals surface area (Å²) in [5.41, 5.74) is 4.25. The molecule has 1 aromatic rings. The van der Waals surface area contributed by atoms with Crippen LogP contribution in [0.5, 0.6) is 0 Å². The molecule has 2 aliphatic carbocycles. The number of methoxy groups -OCH3 is 1. The summed E-state index contributed by atoms with van der Waals surface area (Å²) >= 11 is 0. The second-order valence-corrected chi connectivity index (χ2v) is 6.61. The standard InChI is InChI=1S/C19H15F2NO3/c1-24-19(23)17-12(6-20)22-13-7-25-18-10-5-9(10)14-8(15(17)16(13)18)3-2-4-11(14)21/h2-4,9,15,22H,5-7H2,1H3/t9?,15-/m0/s1. The molecule has 1 fully saturated rings. The largest absolute Gasteiger partial charge is 0.487 e. The van der Waals surface area contributed by atoms with Gasteiger partial charge in [-0.3, -0.25) is 0 Å². The maximum atomic E-state index is 14.6. The fraction of sp³-hybridized carbons (Fsp3) is 0.316. The average Bonchev–Trinajstić information content (AvgIpc) is 3.31. The number of hydrogen-bond donors (Lipinski definition) is 1. The number of esters is 1. The minimum Gasteiger partial charge on any atom is -0.487 e. The monoisotopic (exact) mass is 343 g/mol. The first-order valence-corrected chi connectivity index (χ1v) is 8.17. The Labute approximate surface area is 142 Å². The lowest BCUT2D eigenvalue weighted by molar-refractivity contribution is -0.136. The van der Waals surface area contributed by atoms with E-state index < -0.39 is 18.6 Å². The van der Waals surface area contributed by atoms with E-state index in [0.717, 1.165) is 29.0 Å². The van der Waals surface area contributed by atoms with E-state index in [1.165, 1.54) is 13.2 Å². The molecular weight excluding hydrogens is 328 g/mol. The van der Waals surface area contributed by atoms with Crippen molar-refractivity contribution in [1.82, 2.24) is 5.32 Å². The van der Waals surface area contributed by atoms with Crippen LogP contribution in [-0.2, 0) is 14.3 Å². The first-order valence-electron chi connectivity index (χ1n) is 8.17. The number of alkyl halides is 1. The lowest BCUT2D eigenvalue weighted by atomic mass is 9.78. The third kappa shape index (κ3) is 1.82. The first kappa shape index (κ1) is 14.7. The molecule has 0 radical (unpaired) electrons. The van der Waals surface area contributed by atoms with Gasteiger partial charge in [0.05, 0.1) is 24.1 Å². The molecule has 1 unspecified atom stereocenters. The molecule has 0 bridgehead atoms. The number of ether oxygens (including phenoxy) is 2. The molecule has 4 aliphatic rings. The summed E-state index contributed by atoms with van der Waals surface area (Å²) < 4.78 is 39.0. The molecular formula is C19H15F2NO3. The Kier molecular flexibility index (Phi) is 2.90. The molecule has 1 N–H and O–H groups in total. The van der Waals surface area contributed by atoms with Gasteiger partial charge in [0.15, 0.2) is 0 Å². The molecule has 0 spiro atoms. The normalized spacial score (nSPS) is 25.6. The lowest BCUT2D eigenvalue weighted by Crippen LogP contribution is -2.31. The first-order chi connectivity index (χ1) is 12.2. The molecule has 4 nitrogen and oxygen atoms in total. The van der Waals surface area contributed by atoms with Crippen molar-refractivity contribution >= 4 is 5.97 Å². The minimum atomic E-state index is -0.836. The lowest BCUT2D eigenvalue weighted by Gasteiger charge is -2.29. The number of nitrogens with one attached hydrogen (secondary N) is 1. The van der Waals surface area contributed by atoms with Crippen LogP contribution in [0.2, 0.25) is 0 Å². The predicted molar refractivity (Wildman–Crippen MR) is 84.7 cm³/mol. The SMILES string of the molecule is COC(=O)C1=C(CF)NC2=C3C(=C4CC4c4c(F)cccc4[C@H]13)OC2. The fourth-order valence-electron chi connectivity index (χ4n) is 4.31. The van der Waals surface area contributed by atoms with Crippen LogP contribution in [0.3, 0.4) is 0 Å². The highest BCUT2D eigenvalue weighted by Gasteiger charge is 2.51. The number of benzene rings is 1. The Morgan fingerprint density at radius 3 is 3.04 bits per heavy atom. The smallest absolute Gasteiger partial charge is 0.336 e. The third-order valence-electron chi connectivity index (χ3n) is 5.40. The van der Waals surface area contributed by atoms with Crippen molar-refractivity contribution < 1.29 is 23.0 Å². The molecule has 0 saturated heterocycles. The molecule has 128 valence electrons. The molecule has 1 aromatic carbocycles.